The zero-order chi connectivity index (χ0) is 15.3. The fourth-order valence-electron chi connectivity index (χ4n) is 1.67. The highest BCUT2D eigenvalue weighted by Gasteiger charge is 2.33. The van der Waals surface area contributed by atoms with Crippen molar-refractivity contribution < 1.29 is 21.8 Å². The minimum absolute atomic E-state index is 0.367. The highest BCUT2D eigenvalue weighted by Crippen LogP contribution is 2.19. The van der Waals surface area contributed by atoms with Gasteiger partial charge in [-0.25, -0.2) is 4.79 Å². The van der Waals surface area contributed by atoms with Crippen LogP contribution in [0, 0.1) is 0 Å². The number of amides is 1. The number of rotatable bonds is 6. The van der Waals surface area contributed by atoms with E-state index in [-0.39, 0.29) is 0 Å². The number of unbranched alkanes of at least 4 members (excludes halogenated alkanes) is 1. The van der Waals surface area contributed by atoms with Crippen LogP contribution in [0.4, 0.5) is 8.68 Å². The van der Waals surface area contributed by atoms with Gasteiger partial charge in [-0.05, 0) is 34.1 Å². The molecule has 0 bridgehead atoms. The summed E-state index contributed by atoms with van der Waals surface area (Å²) >= 11 is 0. The van der Waals surface area contributed by atoms with Crippen molar-refractivity contribution in [2.45, 2.75) is 65.0 Å². The fraction of sp³-hybridized carbons (Fsp3) is 0.917. The van der Waals surface area contributed by atoms with Crippen LogP contribution in [0.2, 0.25) is 0 Å². The smallest absolute Gasteiger partial charge is 0.408 e. The van der Waals surface area contributed by atoms with E-state index in [1.165, 1.54) is 6.92 Å². The third-order valence-corrected chi connectivity index (χ3v) is 3.36. The Morgan fingerprint density at radius 3 is 2.16 bits per heavy atom. The monoisotopic (exact) mass is 297 g/mol. The van der Waals surface area contributed by atoms with Crippen LogP contribution >= 0.6 is 0 Å². The molecule has 0 aliphatic heterocycles. The Hall–Kier alpha value is -0.850. The Labute approximate surface area is 115 Å². The first-order chi connectivity index (χ1) is 8.37. The summed E-state index contributed by atoms with van der Waals surface area (Å²) in [5.41, 5.74) is -1.85. The molecule has 0 aliphatic rings. The zero-order valence-corrected chi connectivity index (χ0v) is 13.1. The van der Waals surface area contributed by atoms with Gasteiger partial charge < -0.3 is 10.1 Å². The van der Waals surface area contributed by atoms with E-state index in [9.17, 15) is 17.1 Å². The van der Waals surface area contributed by atoms with Crippen LogP contribution in [0.15, 0.2) is 0 Å². The van der Waals surface area contributed by atoms with Crippen molar-refractivity contribution in [2.75, 3.05) is 5.75 Å². The number of ether oxygens (including phenoxy) is 1. The van der Waals surface area contributed by atoms with E-state index < -0.39 is 33.2 Å². The average molecular weight is 297 g/mol. The van der Waals surface area contributed by atoms with E-state index in [1.807, 2.05) is 6.92 Å². The molecule has 0 rings (SSSR count). The van der Waals surface area contributed by atoms with Crippen molar-refractivity contribution in [3.8, 4) is 0 Å². The van der Waals surface area contributed by atoms with Crippen LogP contribution in [-0.4, -0.2) is 31.4 Å². The number of halogens is 1. The van der Waals surface area contributed by atoms with Crippen molar-refractivity contribution in [2.24, 2.45) is 0 Å². The predicted octanol–water partition coefficient (Wildman–Crippen LogP) is 2.76. The van der Waals surface area contributed by atoms with Gasteiger partial charge in [-0.1, -0.05) is 19.8 Å². The van der Waals surface area contributed by atoms with Crippen LogP contribution in [0.3, 0.4) is 0 Å². The van der Waals surface area contributed by atoms with Crippen LogP contribution in [-0.2, 0) is 15.0 Å². The number of hydrogen-bond donors (Lipinski definition) is 1. The third-order valence-electron chi connectivity index (χ3n) is 2.38. The first kappa shape index (κ1) is 18.1. The van der Waals surface area contributed by atoms with Crippen LogP contribution in [0.25, 0.3) is 0 Å². The molecule has 0 saturated carbocycles. The average Bonchev–Trinajstić information content (AvgIpc) is 2.07. The third kappa shape index (κ3) is 9.69. The molecule has 0 aromatic rings. The van der Waals surface area contributed by atoms with E-state index in [2.05, 4.69) is 5.32 Å². The van der Waals surface area contributed by atoms with Crippen LogP contribution in [0.5, 0.6) is 0 Å². The molecular formula is C12H24FNO4S. The molecule has 0 aliphatic carbocycles. The maximum absolute atomic E-state index is 12.9. The standard InChI is InChI=1S/C12H24FNO4S/c1-6-7-8-12(5,9-19(13,16)17)14-10(15)18-11(2,3)4/h6-9H2,1-5H3,(H,14,15). The van der Waals surface area contributed by atoms with Crippen molar-refractivity contribution >= 4 is 16.3 Å². The van der Waals surface area contributed by atoms with Gasteiger partial charge in [-0.2, -0.15) is 8.42 Å². The lowest BCUT2D eigenvalue weighted by atomic mass is 9.97. The molecule has 7 heteroatoms. The van der Waals surface area contributed by atoms with E-state index in [0.717, 1.165) is 6.42 Å². The van der Waals surface area contributed by atoms with Gasteiger partial charge >= 0.3 is 16.3 Å². The quantitative estimate of drug-likeness (QED) is 0.765. The van der Waals surface area contributed by atoms with Gasteiger partial charge in [-0.3, -0.25) is 0 Å². The fourth-order valence-corrected chi connectivity index (χ4v) is 2.65. The number of carbonyl (C=O) groups excluding carboxylic acids is 1. The number of nitrogens with one attached hydrogen (secondary N) is 1. The first-order valence-electron chi connectivity index (χ1n) is 6.30. The first-order valence-corrected chi connectivity index (χ1v) is 7.86. The summed E-state index contributed by atoms with van der Waals surface area (Å²) in [6.07, 6.45) is 1.13. The minimum atomic E-state index is -4.67. The Morgan fingerprint density at radius 1 is 1.26 bits per heavy atom. The largest absolute Gasteiger partial charge is 0.444 e. The molecule has 0 fully saturated rings. The molecular weight excluding hydrogens is 273 g/mol. The predicted molar refractivity (Wildman–Crippen MR) is 72.2 cm³/mol. The van der Waals surface area contributed by atoms with Gasteiger partial charge in [-0.15, -0.1) is 3.89 Å². The molecule has 0 heterocycles. The normalized spacial score (nSPS) is 15.7. The number of carbonyl (C=O) groups is 1. The SMILES string of the molecule is CCCCC(C)(CS(=O)(=O)F)NC(=O)OC(C)(C)C. The molecule has 0 saturated heterocycles. The van der Waals surface area contributed by atoms with Gasteiger partial charge in [0, 0.05) is 0 Å². The highest BCUT2D eigenvalue weighted by molar-refractivity contribution is 7.86. The molecule has 0 aromatic heterocycles. The topological polar surface area (TPSA) is 72.5 Å². The molecule has 0 spiro atoms. The van der Waals surface area contributed by atoms with E-state index >= 15 is 0 Å². The van der Waals surface area contributed by atoms with Crippen molar-refractivity contribution in [3.05, 3.63) is 0 Å². The van der Waals surface area contributed by atoms with E-state index in [0.29, 0.717) is 12.8 Å². The minimum Gasteiger partial charge on any atom is -0.444 e. The maximum atomic E-state index is 12.9. The van der Waals surface area contributed by atoms with E-state index in [4.69, 9.17) is 4.74 Å². The second-order valence-electron chi connectivity index (χ2n) is 5.97. The molecule has 1 amide bonds. The molecule has 1 atom stereocenters. The lowest BCUT2D eigenvalue weighted by Gasteiger charge is -2.30. The van der Waals surface area contributed by atoms with Crippen molar-refractivity contribution in [1.29, 1.82) is 0 Å². The number of hydrogen-bond acceptors (Lipinski definition) is 4. The van der Waals surface area contributed by atoms with Crippen LogP contribution < -0.4 is 5.32 Å². The second-order valence-corrected chi connectivity index (χ2v) is 7.34. The second kappa shape index (κ2) is 6.54. The van der Waals surface area contributed by atoms with Crippen LogP contribution in [0.1, 0.15) is 53.9 Å². The summed E-state index contributed by atoms with van der Waals surface area (Å²) in [5, 5.41) is 2.46. The summed E-state index contributed by atoms with van der Waals surface area (Å²) in [5.74, 6) is -0.751. The van der Waals surface area contributed by atoms with Gasteiger partial charge in [0.1, 0.15) is 11.4 Å². The summed E-state index contributed by atoms with van der Waals surface area (Å²) in [7, 11) is -4.67. The summed E-state index contributed by atoms with van der Waals surface area (Å²) in [4.78, 5) is 11.7. The van der Waals surface area contributed by atoms with Gasteiger partial charge in [0.2, 0.25) is 0 Å². The Kier molecular flexibility index (Phi) is 6.25. The summed E-state index contributed by atoms with van der Waals surface area (Å²) < 4.78 is 39.6. The molecule has 0 radical (unpaired) electrons. The molecule has 1 N–H and O–H groups in total. The van der Waals surface area contributed by atoms with Gasteiger partial charge in [0.05, 0.1) is 5.54 Å². The molecule has 19 heavy (non-hydrogen) atoms. The molecule has 5 nitrogen and oxygen atoms in total. The molecule has 0 aromatic carbocycles. The van der Waals surface area contributed by atoms with Gasteiger partial charge in [0.25, 0.3) is 0 Å². The maximum Gasteiger partial charge on any atom is 0.408 e. The highest BCUT2D eigenvalue weighted by atomic mass is 32.3. The molecule has 114 valence electrons. The lowest BCUT2D eigenvalue weighted by Crippen LogP contribution is -2.51. The van der Waals surface area contributed by atoms with Crippen molar-refractivity contribution in [3.63, 3.8) is 0 Å². The van der Waals surface area contributed by atoms with Crippen molar-refractivity contribution in [1.82, 2.24) is 5.32 Å². The summed E-state index contributed by atoms with van der Waals surface area (Å²) in [6.45, 7) is 8.52. The Balaban J connectivity index is 4.81. The Morgan fingerprint density at radius 2 is 1.79 bits per heavy atom. The molecule has 1 unspecified atom stereocenters. The lowest BCUT2D eigenvalue weighted by molar-refractivity contribution is 0.0468. The summed E-state index contributed by atoms with van der Waals surface area (Å²) in [6, 6.07) is 0. The number of alkyl carbamates (subject to hydrolysis) is 1. The zero-order valence-electron chi connectivity index (χ0n) is 12.2. The van der Waals surface area contributed by atoms with E-state index in [1.54, 1.807) is 20.8 Å². The Bertz CT molecular complexity index is 402. The van der Waals surface area contributed by atoms with Gasteiger partial charge in [0.15, 0.2) is 0 Å².